The van der Waals surface area contributed by atoms with E-state index in [9.17, 15) is 90.0 Å². The quantitative estimate of drug-likeness (QED) is 0.0319. The van der Waals surface area contributed by atoms with Crippen LogP contribution in [0.4, 0.5) is 0 Å². The fourth-order valence-corrected chi connectivity index (χ4v) is 8.85. The van der Waals surface area contributed by atoms with Gasteiger partial charge in [0, 0.05) is 32.4 Å². The lowest BCUT2D eigenvalue weighted by Gasteiger charge is -2.51. The number of nitrogens with one attached hydrogen (secondary N) is 4. The molecule has 5 heterocycles. The van der Waals surface area contributed by atoms with Crippen LogP contribution in [0.3, 0.4) is 0 Å². The average molecular weight is 1070 g/mol. The van der Waals surface area contributed by atoms with E-state index in [0.717, 1.165) is 25.8 Å². The molecule has 4 aliphatic rings. The zero-order chi connectivity index (χ0) is 54.6. The lowest BCUT2D eigenvalue weighted by atomic mass is 9.88. The summed E-state index contributed by atoms with van der Waals surface area (Å²) in [7, 11) is 1.29. The Hall–Kier alpha value is -4.20. The van der Waals surface area contributed by atoms with Crippen molar-refractivity contribution in [2.75, 3.05) is 40.1 Å². The molecular formula is C43H68N4O27. The summed E-state index contributed by atoms with van der Waals surface area (Å²) < 4.78 is 52.0. The second-order valence-corrected chi connectivity index (χ2v) is 18.2. The van der Waals surface area contributed by atoms with Gasteiger partial charge in [-0.2, -0.15) is 0 Å². The summed E-state index contributed by atoms with van der Waals surface area (Å²) in [5.41, 5.74) is -2.71. The molecule has 4 saturated heterocycles. The normalized spacial score (nSPS) is 36.3. The number of aliphatic carboxylic acids is 1. The largest absolute Gasteiger partial charge is 0.477 e. The van der Waals surface area contributed by atoms with Gasteiger partial charge in [-0.1, -0.05) is 25.7 Å². The third-order valence-electron chi connectivity index (χ3n) is 12.8. The molecule has 4 fully saturated rings. The van der Waals surface area contributed by atoms with Crippen LogP contribution in [-0.2, 0) is 57.0 Å². The minimum atomic E-state index is -3.19. The lowest BCUT2D eigenvalue weighted by Crippen LogP contribution is -2.71. The summed E-state index contributed by atoms with van der Waals surface area (Å²) >= 11 is 0. The minimum absolute atomic E-state index is 0.102. The van der Waals surface area contributed by atoms with E-state index in [2.05, 4.69) is 20.4 Å². The van der Waals surface area contributed by atoms with Gasteiger partial charge >= 0.3 is 17.6 Å². The highest BCUT2D eigenvalue weighted by atomic mass is 16.8. The van der Waals surface area contributed by atoms with Gasteiger partial charge in [0.2, 0.25) is 5.91 Å². The second kappa shape index (κ2) is 27.7. The molecule has 0 aromatic carbocycles. The molecule has 0 spiro atoms. The molecule has 1 aromatic heterocycles. The maximum atomic E-state index is 13.9. The number of carbonyl (C=O) groups is 4. The Morgan fingerprint density at radius 1 is 0.770 bits per heavy atom. The smallest absolute Gasteiger partial charge is 0.364 e. The van der Waals surface area contributed by atoms with Crippen molar-refractivity contribution >= 4 is 23.8 Å². The molecule has 0 saturated carbocycles. The van der Waals surface area contributed by atoms with Crippen LogP contribution in [0.2, 0.25) is 0 Å². The van der Waals surface area contributed by atoms with Crippen molar-refractivity contribution in [2.45, 2.75) is 180 Å². The molecule has 31 nitrogen and oxygen atoms in total. The van der Waals surface area contributed by atoms with Crippen molar-refractivity contribution in [2.24, 2.45) is 0 Å². The number of carboxylic acids is 1. The Kier molecular flexibility index (Phi) is 22.7. The van der Waals surface area contributed by atoms with E-state index in [1.54, 1.807) is 0 Å². The summed E-state index contributed by atoms with van der Waals surface area (Å²) in [4.78, 5) is 79.2. The molecule has 4 aliphatic heterocycles. The van der Waals surface area contributed by atoms with Crippen LogP contribution in [-0.4, -0.2) is 257 Å². The number of hydrogen-bond donors (Lipinski definition) is 16. The number of carbonyl (C=O) groups excluding carboxylic acids is 3. The molecule has 0 bridgehead atoms. The van der Waals surface area contributed by atoms with Crippen LogP contribution in [0.15, 0.2) is 15.7 Å². The monoisotopic (exact) mass is 1070 g/mol. The number of aromatic amines is 2. The molecule has 0 radical (unpaired) electrons. The molecule has 31 heteroatoms. The highest BCUT2D eigenvalue weighted by Gasteiger charge is 2.61. The summed E-state index contributed by atoms with van der Waals surface area (Å²) in [5, 5.41) is 134. The van der Waals surface area contributed by atoms with Crippen LogP contribution in [0.25, 0.3) is 0 Å². The van der Waals surface area contributed by atoms with Gasteiger partial charge in [0.25, 0.3) is 17.3 Å². The Bertz CT molecular complexity index is 2070. The van der Waals surface area contributed by atoms with Crippen LogP contribution in [0, 0.1) is 0 Å². The van der Waals surface area contributed by atoms with Gasteiger partial charge in [-0.3, -0.25) is 24.2 Å². The predicted octanol–water partition coefficient (Wildman–Crippen LogP) is -8.02. The Balaban J connectivity index is 1.51. The summed E-state index contributed by atoms with van der Waals surface area (Å²) in [6.07, 6.45) is -31.2. The van der Waals surface area contributed by atoms with Crippen molar-refractivity contribution in [3.63, 3.8) is 0 Å². The molecule has 74 heavy (non-hydrogen) atoms. The van der Waals surface area contributed by atoms with Crippen LogP contribution >= 0.6 is 0 Å². The molecule has 20 atom stereocenters. The van der Waals surface area contributed by atoms with E-state index in [4.69, 9.17) is 37.9 Å². The standard InChI is InChI=1S/C43H68N4O27/c1-17(51)44-26-19(52)12-43(41(63)64,73-34(26)29(58)20(53)13-48)74-36-30(59)22(14-49)69-40(32(36)61)71-33-23(15-50)70-38(67-10-8-6-4-3-5-7-9-25(56)66-2)27(47-37(62)18-11-24(55)46-42(65)45-18)35(33)72-39-31(60)28(57)21(54)16-68-39/h11,19-23,26-36,38-40,48-50,52-54,57-61H,3-10,12-16H2,1-2H3,(H,44,51)(H,47,62)(H,63,64)(H2,45,46,55,65)/t19?,20?,21-,22?,23?,26-,27?,28?,29?,30+,31?,32?,33-,34?,35?,36?,38-,39+,40?,43+/m1/s1. The SMILES string of the molecule is COC(=O)CCCCCCCCO[C@@H]1OC(CO)[C@@H](OC2OC(CO)[C@H](O)C(O[C@]3(C(=O)O)CC(O)[C@@H](NC(C)=O)C(C(O)C(O)CO)O3)C2O)C(O[C@@H]2OC[C@@H](O)C(O)C2O)C1NC(=O)c1cc(=O)[nH]c(=O)[nH]1. The molecule has 5 rings (SSSR count). The maximum absolute atomic E-state index is 13.9. The number of aromatic nitrogens is 2. The topological polar surface area (TPSA) is 484 Å². The number of carboxylic acid groups (broad SMARTS) is 1. The molecule has 16 N–H and O–H groups in total. The van der Waals surface area contributed by atoms with Crippen LogP contribution in [0.5, 0.6) is 0 Å². The first-order chi connectivity index (χ1) is 35.1. The van der Waals surface area contributed by atoms with E-state index in [0.29, 0.717) is 25.7 Å². The van der Waals surface area contributed by atoms with Crippen molar-refractivity contribution < 1.29 is 123 Å². The second-order valence-electron chi connectivity index (χ2n) is 18.2. The number of amides is 2. The number of hydrogen-bond acceptors (Lipinski definition) is 26. The number of aliphatic hydroxyl groups excluding tert-OH is 11. The number of ether oxygens (including phenoxy) is 9. The first kappa shape index (κ1) is 60.7. The molecular weight excluding hydrogens is 1000 g/mol. The van der Waals surface area contributed by atoms with Crippen molar-refractivity contribution in [1.82, 2.24) is 20.6 Å². The van der Waals surface area contributed by atoms with Gasteiger partial charge in [0.15, 0.2) is 18.9 Å². The molecule has 13 unspecified atom stereocenters. The van der Waals surface area contributed by atoms with Crippen LogP contribution < -0.4 is 21.9 Å². The fourth-order valence-electron chi connectivity index (χ4n) is 8.85. The van der Waals surface area contributed by atoms with Gasteiger partial charge in [-0.05, 0) is 12.8 Å². The summed E-state index contributed by atoms with van der Waals surface area (Å²) in [6, 6.07) is -2.68. The van der Waals surface area contributed by atoms with Crippen LogP contribution in [0.1, 0.15) is 68.8 Å². The molecule has 422 valence electrons. The van der Waals surface area contributed by atoms with Gasteiger partial charge in [0.1, 0.15) is 91.1 Å². The van der Waals surface area contributed by atoms with Crippen molar-refractivity contribution in [3.05, 3.63) is 32.6 Å². The Morgan fingerprint density at radius 2 is 1.42 bits per heavy atom. The van der Waals surface area contributed by atoms with E-state index in [1.165, 1.54) is 7.11 Å². The number of H-pyrrole nitrogens is 2. The number of aliphatic hydroxyl groups is 11. The van der Waals surface area contributed by atoms with Gasteiger partial charge in [-0.15, -0.1) is 0 Å². The van der Waals surface area contributed by atoms with E-state index < -0.39 is 190 Å². The Labute approximate surface area is 420 Å². The van der Waals surface area contributed by atoms with Gasteiger partial charge < -0.3 is 120 Å². The highest BCUT2D eigenvalue weighted by Crippen LogP contribution is 2.39. The van der Waals surface area contributed by atoms with Gasteiger partial charge in [0.05, 0.1) is 45.7 Å². The van der Waals surface area contributed by atoms with Gasteiger partial charge in [-0.25, -0.2) is 9.59 Å². The van der Waals surface area contributed by atoms with Crippen molar-refractivity contribution in [3.8, 4) is 0 Å². The lowest BCUT2D eigenvalue weighted by molar-refractivity contribution is -0.389. The summed E-state index contributed by atoms with van der Waals surface area (Å²) in [6.45, 7) is -3.00. The maximum Gasteiger partial charge on any atom is 0.364 e. The van der Waals surface area contributed by atoms with E-state index in [-0.39, 0.29) is 19.0 Å². The minimum Gasteiger partial charge on any atom is -0.477 e. The zero-order valence-corrected chi connectivity index (χ0v) is 40.2. The molecule has 0 aliphatic carbocycles. The fraction of sp³-hybridized carbons (Fsp3) is 0.814. The first-order valence-corrected chi connectivity index (χ1v) is 23.8. The number of unbranched alkanes of at least 4 members (excludes halogenated alkanes) is 5. The first-order valence-electron chi connectivity index (χ1n) is 23.8. The van der Waals surface area contributed by atoms with Crippen molar-refractivity contribution in [1.29, 1.82) is 0 Å². The molecule has 2 amide bonds. The highest BCUT2D eigenvalue weighted by molar-refractivity contribution is 5.92. The predicted molar refractivity (Wildman–Crippen MR) is 238 cm³/mol. The number of methoxy groups -OCH3 is 1. The molecule has 1 aromatic rings. The third kappa shape index (κ3) is 15.0. The van der Waals surface area contributed by atoms with E-state index >= 15 is 0 Å². The number of rotatable bonds is 25. The average Bonchev–Trinajstić information content (AvgIpc) is 3.36. The number of esters is 1. The summed E-state index contributed by atoms with van der Waals surface area (Å²) in [5.74, 6) is -7.59. The third-order valence-corrected chi connectivity index (χ3v) is 12.8. The Morgan fingerprint density at radius 3 is 2.04 bits per heavy atom. The van der Waals surface area contributed by atoms with E-state index in [1.807, 2.05) is 4.98 Å². The zero-order valence-electron chi connectivity index (χ0n) is 40.2.